The van der Waals surface area contributed by atoms with E-state index in [2.05, 4.69) is 42.5 Å². The molecule has 0 spiro atoms. The van der Waals surface area contributed by atoms with Gasteiger partial charge in [0.2, 0.25) is 0 Å². The number of hydrogen-bond acceptors (Lipinski definition) is 5. The molecule has 2 amide bonds. The van der Waals surface area contributed by atoms with Crippen LogP contribution in [0.1, 0.15) is 12.5 Å². The third-order valence-electron chi connectivity index (χ3n) is 4.60. The van der Waals surface area contributed by atoms with Gasteiger partial charge in [0.05, 0.1) is 15.6 Å². The van der Waals surface area contributed by atoms with E-state index in [4.69, 9.17) is 21.1 Å². The van der Waals surface area contributed by atoms with E-state index in [1.807, 2.05) is 13.0 Å². The zero-order valence-corrected chi connectivity index (χ0v) is 22.9. The second-order valence-electron chi connectivity index (χ2n) is 7.24. The molecule has 3 aromatic rings. The second-order valence-corrected chi connectivity index (χ2v) is 9.38. The van der Waals surface area contributed by atoms with Crippen LogP contribution in [0.2, 0.25) is 5.02 Å². The van der Waals surface area contributed by atoms with E-state index < -0.39 is 5.91 Å². The first kappa shape index (κ1) is 27.3. The van der Waals surface area contributed by atoms with Gasteiger partial charge < -0.3 is 20.1 Å². The van der Waals surface area contributed by atoms with Gasteiger partial charge >= 0.3 is 0 Å². The number of rotatable bonds is 9. The molecule has 0 saturated carbocycles. The number of nitrogens with one attached hydrogen (secondary N) is 2. The van der Waals surface area contributed by atoms with E-state index in [1.54, 1.807) is 60.7 Å². The van der Waals surface area contributed by atoms with E-state index in [-0.39, 0.29) is 18.1 Å². The average Bonchev–Trinajstić information content (AvgIpc) is 2.84. The van der Waals surface area contributed by atoms with Crippen molar-refractivity contribution in [3.8, 4) is 17.6 Å². The van der Waals surface area contributed by atoms with Crippen LogP contribution < -0.4 is 20.1 Å². The lowest BCUT2D eigenvalue weighted by Gasteiger charge is -2.12. The highest BCUT2D eigenvalue weighted by Crippen LogP contribution is 2.35. The normalized spacial score (nSPS) is 10.8. The number of ether oxygens (including phenoxy) is 2. The van der Waals surface area contributed by atoms with E-state index in [1.165, 1.54) is 6.08 Å². The van der Waals surface area contributed by atoms with Crippen molar-refractivity contribution in [3.63, 3.8) is 0 Å². The summed E-state index contributed by atoms with van der Waals surface area (Å²) in [5.74, 6) is 0.188. The Morgan fingerprint density at radius 2 is 1.56 bits per heavy atom. The number of halogens is 3. The first-order valence-electron chi connectivity index (χ1n) is 10.6. The monoisotopic (exact) mass is 631 g/mol. The van der Waals surface area contributed by atoms with Gasteiger partial charge in [-0.2, -0.15) is 5.26 Å². The fourth-order valence-electron chi connectivity index (χ4n) is 2.98. The summed E-state index contributed by atoms with van der Waals surface area (Å²) < 4.78 is 12.1. The van der Waals surface area contributed by atoms with Crippen molar-refractivity contribution < 1.29 is 19.1 Å². The molecule has 3 rings (SSSR count). The van der Waals surface area contributed by atoms with Crippen LogP contribution >= 0.6 is 43.5 Å². The first-order valence-corrected chi connectivity index (χ1v) is 12.6. The van der Waals surface area contributed by atoms with Crippen LogP contribution in [0.25, 0.3) is 6.08 Å². The Bertz CT molecular complexity index is 1300. The summed E-state index contributed by atoms with van der Waals surface area (Å²) >= 11 is 12.7. The van der Waals surface area contributed by atoms with Gasteiger partial charge in [-0.05, 0) is 111 Å². The maximum Gasteiger partial charge on any atom is 0.266 e. The molecule has 184 valence electrons. The summed E-state index contributed by atoms with van der Waals surface area (Å²) in [5, 5.41) is 15.5. The predicted octanol–water partition coefficient (Wildman–Crippen LogP) is 6.83. The molecule has 0 bridgehead atoms. The Kier molecular flexibility index (Phi) is 9.94. The van der Waals surface area contributed by atoms with Crippen LogP contribution in [0.4, 0.5) is 11.4 Å². The van der Waals surface area contributed by atoms with E-state index in [0.717, 1.165) is 0 Å². The molecule has 0 aliphatic rings. The van der Waals surface area contributed by atoms with E-state index in [0.29, 0.717) is 49.0 Å². The summed E-state index contributed by atoms with van der Waals surface area (Å²) in [6, 6.07) is 18.9. The van der Waals surface area contributed by atoms with Crippen LogP contribution in [0.15, 0.2) is 75.2 Å². The number of amides is 2. The van der Waals surface area contributed by atoms with Crippen molar-refractivity contribution in [2.45, 2.75) is 6.92 Å². The van der Waals surface area contributed by atoms with Gasteiger partial charge in [0, 0.05) is 16.4 Å². The van der Waals surface area contributed by atoms with Crippen molar-refractivity contribution in [2.75, 3.05) is 23.8 Å². The summed E-state index contributed by atoms with van der Waals surface area (Å²) in [6.07, 6.45) is 1.45. The highest BCUT2D eigenvalue weighted by Gasteiger charge is 2.14. The van der Waals surface area contributed by atoms with Crippen molar-refractivity contribution in [2.24, 2.45) is 0 Å². The molecule has 0 aliphatic heterocycles. The standard InChI is InChI=1S/C26H20Br2ClN3O4/c1-2-35-21-9-7-20(8-10-21)32-26(34)17(14-30)11-16-12-22(27)25(23(28)13-16)36-15-24(33)31-19-5-3-18(29)4-6-19/h3-13H,2,15H2,1H3,(H,31,33)(H,32,34)/b17-11+. The minimum Gasteiger partial charge on any atom is -0.494 e. The summed E-state index contributed by atoms with van der Waals surface area (Å²) in [7, 11) is 0. The van der Waals surface area contributed by atoms with Crippen molar-refractivity contribution in [1.82, 2.24) is 0 Å². The highest BCUT2D eigenvalue weighted by atomic mass is 79.9. The van der Waals surface area contributed by atoms with E-state index in [9.17, 15) is 14.9 Å². The van der Waals surface area contributed by atoms with Gasteiger partial charge in [0.25, 0.3) is 11.8 Å². The Balaban J connectivity index is 1.66. The van der Waals surface area contributed by atoms with Crippen LogP contribution in [-0.4, -0.2) is 25.0 Å². The second kappa shape index (κ2) is 13.1. The van der Waals surface area contributed by atoms with Crippen molar-refractivity contribution in [1.29, 1.82) is 5.26 Å². The number of hydrogen-bond donors (Lipinski definition) is 2. The van der Waals surface area contributed by atoms with Gasteiger partial charge in [-0.3, -0.25) is 9.59 Å². The summed E-state index contributed by atoms with van der Waals surface area (Å²) in [5.41, 5.74) is 1.62. The Labute approximate surface area is 230 Å². The minimum absolute atomic E-state index is 0.0845. The fourth-order valence-corrected chi connectivity index (χ4v) is 4.56. The first-order chi connectivity index (χ1) is 17.3. The van der Waals surface area contributed by atoms with Crippen LogP contribution in [0.3, 0.4) is 0 Å². The molecular formula is C26H20Br2ClN3O4. The zero-order valence-electron chi connectivity index (χ0n) is 19.0. The van der Waals surface area contributed by atoms with Crippen LogP contribution in [0, 0.1) is 11.3 Å². The maximum absolute atomic E-state index is 12.6. The van der Waals surface area contributed by atoms with Crippen LogP contribution in [-0.2, 0) is 9.59 Å². The molecule has 0 atom stereocenters. The molecule has 0 fully saturated rings. The van der Waals surface area contributed by atoms with Crippen molar-refractivity contribution >= 4 is 72.7 Å². The lowest BCUT2D eigenvalue weighted by atomic mass is 10.1. The van der Waals surface area contributed by atoms with Gasteiger partial charge in [-0.1, -0.05) is 11.6 Å². The number of anilines is 2. The fraction of sp³-hybridized carbons (Fsp3) is 0.115. The molecule has 0 heterocycles. The van der Waals surface area contributed by atoms with Gasteiger partial charge in [-0.25, -0.2) is 0 Å². The smallest absolute Gasteiger partial charge is 0.266 e. The third kappa shape index (κ3) is 7.85. The molecule has 0 saturated heterocycles. The number of carbonyl (C=O) groups excluding carboxylic acids is 2. The largest absolute Gasteiger partial charge is 0.494 e. The lowest BCUT2D eigenvalue weighted by molar-refractivity contribution is -0.118. The molecule has 0 aliphatic carbocycles. The molecular weight excluding hydrogens is 614 g/mol. The molecule has 36 heavy (non-hydrogen) atoms. The molecule has 0 radical (unpaired) electrons. The summed E-state index contributed by atoms with van der Waals surface area (Å²) in [4.78, 5) is 24.8. The van der Waals surface area contributed by atoms with Gasteiger partial charge in [0.1, 0.15) is 23.1 Å². The molecule has 0 aromatic heterocycles. The van der Waals surface area contributed by atoms with E-state index >= 15 is 0 Å². The third-order valence-corrected chi connectivity index (χ3v) is 6.03. The molecule has 7 nitrogen and oxygen atoms in total. The predicted molar refractivity (Wildman–Crippen MR) is 147 cm³/mol. The molecule has 10 heteroatoms. The van der Waals surface area contributed by atoms with Crippen molar-refractivity contribution in [3.05, 3.63) is 85.8 Å². The summed E-state index contributed by atoms with van der Waals surface area (Å²) in [6.45, 7) is 2.19. The SMILES string of the molecule is CCOc1ccc(NC(=O)/C(C#N)=C/c2cc(Br)c(OCC(=O)Nc3ccc(Cl)cc3)c(Br)c2)cc1. The van der Waals surface area contributed by atoms with Gasteiger partial charge in [0.15, 0.2) is 6.61 Å². The zero-order chi connectivity index (χ0) is 26.1. The number of benzene rings is 3. The Hall–Kier alpha value is -3.32. The topological polar surface area (TPSA) is 100 Å². The average molecular weight is 634 g/mol. The molecule has 2 N–H and O–H groups in total. The maximum atomic E-state index is 12.6. The van der Waals surface area contributed by atoms with Crippen LogP contribution in [0.5, 0.6) is 11.5 Å². The highest BCUT2D eigenvalue weighted by molar-refractivity contribution is 9.11. The lowest BCUT2D eigenvalue weighted by Crippen LogP contribution is -2.20. The molecule has 0 unspecified atom stereocenters. The minimum atomic E-state index is -0.548. The number of nitrogens with zero attached hydrogens (tertiary/aromatic N) is 1. The quantitative estimate of drug-likeness (QED) is 0.199. The Morgan fingerprint density at radius 3 is 2.14 bits per heavy atom. The molecule has 3 aromatic carbocycles. The number of carbonyl (C=O) groups is 2. The van der Waals surface area contributed by atoms with Gasteiger partial charge in [-0.15, -0.1) is 0 Å². The number of nitriles is 1. The Morgan fingerprint density at radius 1 is 0.972 bits per heavy atom.